The van der Waals surface area contributed by atoms with Crippen molar-refractivity contribution >= 4 is 11.7 Å². The Labute approximate surface area is 121 Å². The predicted octanol–water partition coefficient (Wildman–Crippen LogP) is 3.79. The number of benzene rings is 1. The fourth-order valence-electron chi connectivity index (χ4n) is 1.94. The molecule has 0 fully saturated rings. The van der Waals surface area contributed by atoms with Crippen LogP contribution >= 0.6 is 0 Å². The number of nitrogen functional groups attached to an aromatic ring is 1. The second kappa shape index (κ2) is 9.23. The lowest BCUT2D eigenvalue weighted by Gasteiger charge is -2.11. The van der Waals surface area contributed by atoms with Crippen molar-refractivity contribution in [1.82, 2.24) is 0 Å². The van der Waals surface area contributed by atoms with Gasteiger partial charge in [0.05, 0.1) is 24.5 Å². The molecular weight excluding hydrogens is 254 g/mol. The van der Waals surface area contributed by atoms with E-state index in [4.69, 9.17) is 15.2 Å². The number of carbonyl (C=O) groups excluding carboxylic acids is 1. The van der Waals surface area contributed by atoms with E-state index >= 15 is 0 Å². The van der Waals surface area contributed by atoms with Crippen molar-refractivity contribution in [3.63, 3.8) is 0 Å². The highest BCUT2D eigenvalue weighted by atomic mass is 16.5. The number of unbranched alkanes of at least 4 members (excludes halogenated alkanes) is 4. The molecule has 20 heavy (non-hydrogen) atoms. The van der Waals surface area contributed by atoms with E-state index in [0.29, 0.717) is 30.2 Å². The van der Waals surface area contributed by atoms with E-state index in [-0.39, 0.29) is 0 Å². The van der Waals surface area contributed by atoms with Gasteiger partial charge in [0, 0.05) is 0 Å². The minimum absolute atomic E-state index is 0.334. The number of carbonyl (C=O) groups is 1. The van der Waals surface area contributed by atoms with Crippen LogP contribution in [0.1, 0.15) is 56.3 Å². The number of anilines is 1. The summed E-state index contributed by atoms with van der Waals surface area (Å²) in [5.74, 6) is 0.157. The molecule has 0 aliphatic rings. The first-order chi connectivity index (χ1) is 9.70. The number of hydrogen-bond acceptors (Lipinski definition) is 4. The van der Waals surface area contributed by atoms with E-state index in [2.05, 4.69) is 6.92 Å². The molecule has 4 nitrogen and oxygen atoms in total. The smallest absolute Gasteiger partial charge is 0.340 e. The Morgan fingerprint density at radius 1 is 1.15 bits per heavy atom. The topological polar surface area (TPSA) is 61.5 Å². The second-order valence-electron chi connectivity index (χ2n) is 4.70. The van der Waals surface area contributed by atoms with E-state index in [1.807, 2.05) is 0 Å². The molecule has 1 rings (SSSR count). The second-order valence-corrected chi connectivity index (χ2v) is 4.70. The van der Waals surface area contributed by atoms with Gasteiger partial charge in [-0.3, -0.25) is 0 Å². The van der Waals surface area contributed by atoms with Gasteiger partial charge >= 0.3 is 5.97 Å². The van der Waals surface area contributed by atoms with Gasteiger partial charge in [-0.05, 0) is 25.5 Å². The zero-order chi connectivity index (χ0) is 14.8. The van der Waals surface area contributed by atoms with Crippen molar-refractivity contribution in [3.05, 3.63) is 23.8 Å². The third-order valence-electron chi connectivity index (χ3n) is 3.07. The molecule has 112 valence electrons. The lowest BCUT2D eigenvalue weighted by atomic mass is 10.1. The van der Waals surface area contributed by atoms with E-state index in [1.165, 1.54) is 19.3 Å². The largest absolute Gasteiger partial charge is 0.491 e. The molecule has 0 bridgehead atoms. The van der Waals surface area contributed by atoms with Crippen LogP contribution in [0.5, 0.6) is 5.75 Å². The van der Waals surface area contributed by atoms with Crippen molar-refractivity contribution in [2.45, 2.75) is 46.0 Å². The Kier molecular flexibility index (Phi) is 7.55. The Balaban J connectivity index is 2.50. The standard InChI is InChI=1S/C16H25NO3/c1-3-5-6-7-8-12-20-14-11-9-10-13(15(14)17)16(18)19-4-2/h9-11H,3-8,12,17H2,1-2H3. The number of hydrogen-bond donors (Lipinski definition) is 1. The van der Waals surface area contributed by atoms with Gasteiger partial charge in [-0.1, -0.05) is 38.7 Å². The normalized spacial score (nSPS) is 10.3. The molecule has 0 aliphatic carbocycles. The van der Waals surface area contributed by atoms with E-state index in [0.717, 1.165) is 12.8 Å². The lowest BCUT2D eigenvalue weighted by Crippen LogP contribution is -2.09. The van der Waals surface area contributed by atoms with Gasteiger partial charge in [-0.25, -0.2) is 4.79 Å². The minimum atomic E-state index is -0.404. The first-order valence-corrected chi connectivity index (χ1v) is 7.39. The predicted molar refractivity (Wildman–Crippen MR) is 81.1 cm³/mol. The summed E-state index contributed by atoms with van der Waals surface area (Å²) in [4.78, 5) is 11.7. The molecular formula is C16H25NO3. The maximum absolute atomic E-state index is 11.7. The van der Waals surface area contributed by atoms with Crippen LogP contribution in [0.3, 0.4) is 0 Å². The van der Waals surface area contributed by atoms with Crippen LogP contribution in [0.4, 0.5) is 5.69 Å². The van der Waals surface area contributed by atoms with Crippen molar-refractivity contribution in [2.24, 2.45) is 0 Å². The van der Waals surface area contributed by atoms with E-state index < -0.39 is 5.97 Å². The van der Waals surface area contributed by atoms with Crippen LogP contribution in [-0.2, 0) is 4.74 Å². The molecule has 0 spiro atoms. The van der Waals surface area contributed by atoms with Gasteiger partial charge in [0.25, 0.3) is 0 Å². The summed E-state index contributed by atoms with van der Waals surface area (Å²) in [5, 5.41) is 0. The molecule has 0 saturated heterocycles. The van der Waals surface area contributed by atoms with Crippen LogP contribution in [0.25, 0.3) is 0 Å². The van der Waals surface area contributed by atoms with Crippen molar-refractivity contribution in [2.75, 3.05) is 18.9 Å². The molecule has 2 N–H and O–H groups in total. The number of nitrogens with two attached hydrogens (primary N) is 1. The van der Waals surface area contributed by atoms with Crippen molar-refractivity contribution in [3.8, 4) is 5.75 Å². The quantitative estimate of drug-likeness (QED) is 0.424. The molecule has 0 radical (unpaired) electrons. The van der Waals surface area contributed by atoms with Crippen LogP contribution in [0.15, 0.2) is 18.2 Å². The summed E-state index contributed by atoms with van der Waals surface area (Å²) < 4.78 is 10.6. The molecule has 0 unspecified atom stereocenters. The van der Waals surface area contributed by atoms with E-state index in [9.17, 15) is 4.79 Å². The highest BCUT2D eigenvalue weighted by Crippen LogP contribution is 2.26. The molecule has 0 aliphatic heterocycles. The van der Waals surface area contributed by atoms with Crippen molar-refractivity contribution < 1.29 is 14.3 Å². The summed E-state index contributed by atoms with van der Waals surface area (Å²) in [6.07, 6.45) is 5.89. The Morgan fingerprint density at radius 3 is 2.60 bits per heavy atom. The Bertz CT molecular complexity index is 418. The number of ether oxygens (including phenoxy) is 2. The molecule has 1 aromatic rings. The fourth-order valence-corrected chi connectivity index (χ4v) is 1.94. The van der Waals surface area contributed by atoms with E-state index in [1.54, 1.807) is 25.1 Å². The van der Waals surface area contributed by atoms with Gasteiger partial charge < -0.3 is 15.2 Å². The third kappa shape index (κ3) is 5.11. The number of para-hydroxylation sites is 1. The molecule has 0 amide bonds. The van der Waals surface area contributed by atoms with Crippen LogP contribution in [-0.4, -0.2) is 19.2 Å². The van der Waals surface area contributed by atoms with Gasteiger partial charge in [-0.2, -0.15) is 0 Å². The van der Waals surface area contributed by atoms with Gasteiger partial charge in [0.1, 0.15) is 5.75 Å². The molecule has 4 heteroatoms. The zero-order valence-electron chi connectivity index (χ0n) is 12.5. The summed E-state index contributed by atoms with van der Waals surface area (Å²) in [7, 11) is 0. The monoisotopic (exact) mass is 279 g/mol. The van der Waals surface area contributed by atoms with Crippen molar-refractivity contribution in [1.29, 1.82) is 0 Å². The van der Waals surface area contributed by atoms with Crippen LogP contribution in [0.2, 0.25) is 0 Å². The molecule has 0 heterocycles. The minimum Gasteiger partial charge on any atom is -0.491 e. The summed E-state index contributed by atoms with van der Waals surface area (Å²) in [6, 6.07) is 5.20. The average Bonchev–Trinajstić information content (AvgIpc) is 2.44. The zero-order valence-corrected chi connectivity index (χ0v) is 12.5. The fraction of sp³-hybridized carbons (Fsp3) is 0.562. The van der Waals surface area contributed by atoms with Gasteiger partial charge in [0.15, 0.2) is 0 Å². The van der Waals surface area contributed by atoms with Crippen LogP contribution in [0, 0.1) is 0 Å². The molecule has 0 saturated carbocycles. The highest BCUT2D eigenvalue weighted by molar-refractivity contribution is 5.96. The first kappa shape index (κ1) is 16.3. The Hall–Kier alpha value is -1.71. The third-order valence-corrected chi connectivity index (χ3v) is 3.07. The molecule has 0 aromatic heterocycles. The number of esters is 1. The number of rotatable bonds is 9. The first-order valence-electron chi connectivity index (χ1n) is 7.39. The highest BCUT2D eigenvalue weighted by Gasteiger charge is 2.13. The maximum Gasteiger partial charge on any atom is 0.340 e. The average molecular weight is 279 g/mol. The maximum atomic E-state index is 11.7. The SMILES string of the molecule is CCCCCCCOc1cccc(C(=O)OCC)c1N. The lowest BCUT2D eigenvalue weighted by molar-refractivity contribution is 0.0527. The summed E-state index contributed by atoms with van der Waals surface area (Å²) >= 11 is 0. The summed E-state index contributed by atoms with van der Waals surface area (Å²) in [6.45, 7) is 4.92. The van der Waals surface area contributed by atoms with Gasteiger partial charge in [-0.15, -0.1) is 0 Å². The Morgan fingerprint density at radius 2 is 1.90 bits per heavy atom. The molecule has 1 aromatic carbocycles. The van der Waals surface area contributed by atoms with Crippen LogP contribution < -0.4 is 10.5 Å². The molecule has 0 atom stereocenters. The van der Waals surface area contributed by atoms with Gasteiger partial charge in [0.2, 0.25) is 0 Å². The summed E-state index contributed by atoms with van der Waals surface area (Å²) in [5.41, 5.74) is 6.68.